The van der Waals surface area contributed by atoms with Gasteiger partial charge in [0.25, 0.3) is 0 Å². The van der Waals surface area contributed by atoms with Crippen LogP contribution in [0.2, 0.25) is 0 Å². The van der Waals surface area contributed by atoms with Gasteiger partial charge in [0.1, 0.15) is 22.5 Å². The van der Waals surface area contributed by atoms with Gasteiger partial charge >= 0.3 is 0 Å². The molecule has 0 saturated carbocycles. The predicted molar refractivity (Wildman–Crippen MR) is 201 cm³/mol. The maximum absolute atomic E-state index is 12.3. The van der Waals surface area contributed by atoms with E-state index in [-0.39, 0.29) is 5.56 Å². The Morgan fingerprint density at radius 1 is 0.667 bits per heavy atom. The summed E-state index contributed by atoms with van der Waals surface area (Å²) in [5, 5.41) is 13.8. The molecule has 8 heteroatoms. The van der Waals surface area contributed by atoms with Gasteiger partial charge in [0, 0.05) is 18.1 Å². The normalized spacial score (nSPS) is 11.6. The van der Waals surface area contributed by atoms with Gasteiger partial charge in [-0.1, -0.05) is 153 Å². The highest BCUT2D eigenvalue weighted by Gasteiger charge is 2.42. The van der Waals surface area contributed by atoms with Crippen LogP contribution in [0.15, 0.2) is 156 Å². The van der Waals surface area contributed by atoms with Crippen LogP contribution in [0.25, 0.3) is 33.7 Å². The molecule has 0 atom stereocenters. The number of aromatic nitrogens is 7. The first-order valence-electron chi connectivity index (χ1n) is 17.4. The molecule has 0 aliphatic rings. The lowest BCUT2D eigenvalue weighted by Crippen LogP contribution is -2.39. The van der Waals surface area contributed by atoms with Gasteiger partial charge in [-0.05, 0) is 56.3 Å². The van der Waals surface area contributed by atoms with E-state index in [9.17, 15) is 4.79 Å². The van der Waals surface area contributed by atoms with Gasteiger partial charge in [0.15, 0.2) is 5.82 Å². The predicted octanol–water partition coefficient (Wildman–Crippen LogP) is 8.28. The zero-order chi connectivity index (χ0) is 34.6. The third kappa shape index (κ3) is 5.84. The summed E-state index contributed by atoms with van der Waals surface area (Å²) in [6.07, 6.45) is 2.95. The van der Waals surface area contributed by atoms with Crippen molar-refractivity contribution in [1.29, 1.82) is 0 Å². The lowest BCUT2D eigenvalue weighted by molar-refractivity contribution is 0.451. The third-order valence-electron chi connectivity index (χ3n) is 9.60. The zero-order valence-electron chi connectivity index (χ0n) is 28.4. The first-order valence-corrected chi connectivity index (χ1v) is 17.4. The topological polar surface area (TPSA) is 94.3 Å². The maximum atomic E-state index is 12.3. The summed E-state index contributed by atoms with van der Waals surface area (Å²) >= 11 is 0. The van der Waals surface area contributed by atoms with Crippen molar-refractivity contribution < 1.29 is 0 Å². The molecule has 0 amide bonds. The Morgan fingerprint density at radius 2 is 1.25 bits per heavy atom. The van der Waals surface area contributed by atoms with Crippen molar-refractivity contribution in [3.05, 3.63) is 190 Å². The molecule has 51 heavy (non-hydrogen) atoms. The Morgan fingerprint density at radius 3 is 1.86 bits per heavy atom. The number of H-pyrrole nitrogens is 1. The van der Waals surface area contributed by atoms with E-state index in [1.165, 1.54) is 6.07 Å². The second-order valence-electron chi connectivity index (χ2n) is 12.7. The van der Waals surface area contributed by atoms with Gasteiger partial charge in [-0.25, -0.2) is 9.67 Å². The van der Waals surface area contributed by atoms with Crippen LogP contribution >= 0.6 is 0 Å². The number of hydrogen-bond acceptors (Lipinski definition) is 5. The number of imidazole rings is 1. The molecule has 1 N–H and O–H groups in total. The molecule has 8 aromatic rings. The number of aryl methyl sites for hydroxylation is 1. The molecule has 0 radical (unpaired) electrons. The van der Waals surface area contributed by atoms with Crippen LogP contribution in [-0.2, 0) is 18.5 Å². The molecule has 3 heterocycles. The van der Waals surface area contributed by atoms with Gasteiger partial charge in [-0.2, -0.15) is 0 Å². The number of benzene rings is 5. The van der Waals surface area contributed by atoms with Gasteiger partial charge in [0.05, 0.1) is 6.54 Å². The number of tetrazole rings is 1. The van der Waals surface area contributed by atoms with Gasteiger partial charge in [-0.15, -0.1) is 5.10 Å². The number of nitrogens with one attached hydrogen (secondary N) is 1. The second kappa shape index (κ2) is 13.8. The number of rotatable bonds is 11. The molecule has 0 spiro atoms. The van der Waals surface area contributed by atoms with Crippen molar-refractivity contribution in [2.75, 3.05) is 0 Å². The minimum Gasteiger partial charge on any atom is -0.310 e. The fraction of sp³-hybridized carbons (Fsp3) is 0.140. The average molecular weight is 668 g/mol. The van der Waals surface area contributed by atoms with E-state index in [1.807, 2.05) is 35.0 Å². The zero-order valence-corrected chi connectivity index (χ0v) is 28.4. The molecule has 8 rings (SSSR count). The van der Waals surface area contributed by atoms with Gasteiger partial charge < -0.3 is 9.55 Å². The first kappa shape index (κ1) is 31.8. The molecular formula is C43H37N7O. The van der Waals surface area contributed by atoms with Crippen molar-refractivity contribution in [3.63, 3.8) is 0 Å². The summed E-state index contributed by atoms with van der Waals surface area (Å²) < 4.78 is 4.11. The Hall–Kier alpha value is -6.41. The molecule has 0 aliphatic carbocycles. The summed E-state index contributed by atoms with van der Waals surface area (Å²) in [4.78, 5) is 20.1. The SMILES string of the molecule is CCCCc1nc2ccc(=O)[nH]c2n1Cc1ccc(-c2ccccc2-c2nnnn2C(c2ccccc2)(c2ccccc2)c2ccccc2)cc1. The second-order valence-corrected chi connectivity index (χ2v) is 12.7. The minimum atomic E-state index is -0.858. The molecule has 3 aromatic heterocycles. The minimum absolute atomic E-state index is 0.129. The lowest BCUT2D eigenvalue weighted by atomic mass is 9.77. The molecule has 250 valence electrons. The van der Waals surface area contributed by atoms with Crippen molar-refractivity contribution >= 4 is 11.2 Å². The summed E-state index contributed by atoms with van der Waals surface area (Å²) in [6, 6.07) is 51.5. The van der Waals surface area contributed by atoms with E-state index in [1.54, 1.807) is 6.07 Å². The van der Waals surface area contributed by atoms with Crippen molar-refractivity contribution in [2.24, 2.45) is 0 Å². The molecule has 0 unspecified atom stereocenters. The van der Waals surface area contributed by atoms with Crippen molar-refractivity contribution in [1.82, 2.24) is 34.7 Å². The Balaban J connectivity index is 1.23. The molecular weight excluding hydrogens is 631 g/mol. The van der Waals surface area contributed by atoms with Crippen molar-refractivity contribution in [2.45, 2.75) is 38.3 Å². The number of aromatic amines is 1. The van der Waals surface area contributed by atoms with Gasteiger partial charge in [0.2, 0.25) is 5.56 Å². The summed E-state index contributed by atoms with van der Waals surface area (Å²) in [7, 11) is 0. The fourth-order valence-corrected chi connectivity index (χ4v) is 7.16. The highest BCUT2D eigenvalue weighted by molar-refractivity contribution is 5.81. The average Bonchev–Trinajstić information content (AvgIpc) is 3.81. The molecule has 0 bridgehead atoms. The van der Waals surface area contributed by atoms with Crippen molar-refractivity contribution in [3.8, 4) is 22.5 Å². The number of pyridine rings is 1. The molecule has 0 fully saturated rings. The Bertz CT molecular complexity index is 2350. The highest BCUT2D eigenvalue weighted by Crippen LogP contribution is 2.43. The molecule has 8 nitrogen and oxygen atoms in total. The quantitative estimate of drug-likeness (QED) is 0.140. The third-order valence-corrected chi connectivity index (χ3v) is 9.60. The van der Waals surface area contributed by atoms with Crippen LogP contribution in [-0.4, -0.2) is 34.7 Å². The van der Waals surface area contributed by atoms with Crippen LogP contribution in [0, 0.1) is 0 Å². The monoisotopic (exact) mass is 667 g/mol. The lowest BCUT2D eigenvalue weighted by Gasteiger charge is -2.36. The van der Waals surface area contributed by atoms with E-state index < -0.39 is 5.54 Å². The number of nitrogens with zero attached hydrogens (tertiary/aromatic N) is 6. The Labute approximate surface area is 296 Å². The molecule has 0 aliphatic heterocycles. The molecule has 0 saturated heterocycles. The number of fused-ring (bicyclic) bond motifs is 1. The highest BCUT2D eigenvalue weighted by atomic mass is 16.1. The summed E-state index contributed by atoms with van der Waals surface area (Å²) in [5.41, 5.74) is 7.81. The van der Waals surface area contributed by atoms with Crippen LogP contribution in [0.1, 0.15) is 47.8 Å². The van der Waals surface area contributed by atoms with E-state index in [4.69, 9.17) is 15.3 Å². The maximum Gasteiger partial charge on any atom is 0.249 e. The molecule has 5 aromatic carbocycles. The van der Waals surface area contributed by atoms with Crippen LogP contribution < -0.4 is 5.56 Å². The largest absolute Gasteiger partial charge is 0.310 e. The van der Waals surface area contributed by atoms with E-state index >= 15 is 0 Å². The van der Waals surface area contributed by atoms with E-state index in [0.29, 0.717) is 12.4 Å². The van der Waals surface area contributed by atoms with Crippen LogP contribution in [0.3, 0.4) is 0 Å². The number of unbranched alkanes of at least 4 members (excludes halogenated alkanes) is 1. The summed E-state index contributed by atoms with van der Waals surface area (Å²) in [5.74, 6) is 1.63. The van der Waals surface area contributed by atoms with Crippen LogP contribution in [0.4, 0.5) is 0 Å². The van der Waals surface area contributed by atoms with E-state index in [0.717, 1.165) is 75.2 Å². The Kier molecular flexibility index (Phi) is 8.64. The van der Waals surface area contributed by atoms with E-state index in [2.05, 4.69) is 131 Å². The summed E-state index contributed by atoms with van der Waals surface area (Å²) in [6.45, 7) is 2.78. The van der Waals surface area contributed by atoms with Gasteiger partial charge in [-0.3, -0.25) is 4.79 Å². The fourth-order valence-electron chi connectivity index (χ4n) is 7.16. The van der Waals surface area contributed by atoms with Crippen LogP contribution in [0.5, 0.6) is 0 Å². The number of hydrogen-bond donors (Lipinski definition) is 1. The smallest absolute Gasteiger partial charge is 0.249 e. The standard InChI is InChI=1S/C43H37N7O/c1-2-3-23-39-44-38-28-29-40(51)45-42(38)49(39)30-31-24-26-32(27-25-31)36-21-13-14-22-37(36)41-46-47-48-50(41)43(33-15-7-4-8-16-33,34-17-9-5-10-18-34)35-19-11-6-12-20-35/h4-22,24-29H,2-3,23,30H2,1H3,(H,45,51). The first-order chi connectivity index (χ1) is 25.2.